The van der Waals surface area contributed by atoms with Crippen LogP contribution >= 0.6 is 11.6 Å². The Balaban J connectivity index is 2.12. The molecule has 0 aromatic heterocycles. The monoisotopic (exact) mass is 117 g/mol. The van der Waals surface area contributed by atoms with Crippen molar-refractivity contribution in [2.24, 2.45) is 0 Å². The average Bonchev–Trinajstić information content (AvgIpc) is 1.69. The molecule has 0 aromatic carbocycles. The lowest BCUT2D eigenvalue weighted by atomic mass is 10.0. The molecule has 1 saturated carbocycles. The Bertz CT molecular complexity index is 46.1. The Morgan fingerprint density at radius 3 is 2.14 bits per heavy atom. The first-order valence-electron chi connectivity index (χ1n) is 2.85. The largest absolute Gasteiger partial charge is 0.123 e. The van der Waals surface area contributed by atoms with E-state index >= 15 is 0 Å². The molecule has 0 saturated heterocycles. The van der Waals surface area contributed by atoms with Crippen LogP contribution < -0.4 is 0 Å². The topological polar surface area (TPSA) is 0 Å². The minimum Gasteiger partial charge on any atom is -0.123 e. The van der Waals surface area contributed by atoms with Crippen LogP contribution in [-0.4, -0.2) is 5.38 Å². The van der Waals surface area contributed by atoms with Crippen LogP contribution in [0.4, 0.5) is 0 Å². The van der Waals surface area contributed by atoms with Crippen LogP contribution in [0.5, 0.6) is 0 Å². The van der Waals surface area contributed by atoms with Gasteiger partial charge in [0.25, 0.3) is 0 Å². The van der Waals surface area contributed by atoms with Crippen LogP contribution in [0.2, 0.25) is 0 Å². The minimum atomic E-state index is 0.477. The fourth-order valence-electron chi connectivity index (χ4n) is 0.886. The second-order valence-corrected chi connectivity index (χ2v) is 2.66. The van der Waals surface area contributed by atoms with Crippen molar-refractivity contribution in [2.45, 2.75) is 31.1 Å². The van der Waals surface area contributed by atoms with E-state index in [9.17, 15) is 0 Å². The molecule has 0 N–H and O–H groups in total. The van der Waals surface area contributed by atoms with E-state index < -0.39 is 0 Å². The molecule has 0 nitrogen and oxygen atoms in total. The van der Waals surface area contributed by atoms with Crippen LogP contribution in [-0.2, 0) is 0 Å². The highest BCUT2D eigenvalue weighted by Crippen LogP contribution is 2.20. The van der Waals surface area contributed by atoms with Gasteiger partial charge in [0.05, 0.1) is 19.3 Å². The van der Waals surface area contributed by atoms with Gasteiger partial charge in [-0.05, 0) is 0 Å². The van der Waals surface area contributed by atoms with Crippen molar-refractivity contribution in [1.82, 2.24) is 0 Å². The number of hydrogen-bond donors (Lipinski definition) is 0. The van der Waals surface area contributed by atoms with Gasteiger partial charge in [-0.15, -0.1) is 11.6 Å². The summed E-state index contributed by atoms with van der Waals surface area (Å²) in [6.07, 6.45) is 7.17. The average molecular weight is 118 g/mol. The highest BCUT2D eigenvalue weighted by molar-refractivity contribution is 6.20. The van der Waals surface area contributed by atoms with Gasteiger partial charge in [0.15, 0.2) is 0 Å². The van der Waals surface area contributed by atoms with E-state index in [0.29, 0.717) is 5.38 Å². The second kappa shape index (κ2) is 2.46. The summed E-state index contributed by atoms with van der Waals surface area (Å²) in [4.78, 5) is 0. The summed E-state index contributed by atoms with van der Waals surface area (Å²) >= 11 is 5.80. The van der Waals surface area contributed by atoms with Gasteiger partial charge in [0.2, 0.25) is 0 Å². The van der Waals surface area contributed by atoms with E-state index in [4.69, 9.17) is 11.6 Å². The molecule has 1 aliphatic rings. The van der Waals surface area contributed by atoms with Gasteiger partial charge in [0.1, 0.15) is 0 Å². The maximum Gasteiger partial charge on any atom is 0.0889 e. The van der Waals surface area contributed by atoms with Gasteiger partial charge in [-0.2, -0.15) is 0 Å². The van der Waals surface area contributed by atoms with Gasteiger partial charge < -0.3 is 0 Å². The van der Waals surface area contributed by atoms with E-state index in [1.807, 2.05) is 0 Å². The van der Waals surface area contributed by atoms with Crippen molar-refractivity contribution < 1.29 is 0 Å². The Labute approximate surface area is 49.9 Å². The number of halogens is 1. The van der Waals surface area contributed by atoms with Crippen LogP contribution in [0.3, 0.4) is 0 Å². The first kappa shape index (κ1) is 5.30. The second-order valence-electron chi connectivity index (χ2n) is 2.04. The minimum absolute atomic E-state index is 0.477. The highest BCUT2D eigenvalue weighted by Gasteiger charge is 2.14. The lowest BCUT2D eigenvalue weighted by Gasteiger charge is -2.07. The summed E-state index contributed by atoms with van der Waals surface area (Å²) in [5.74, 6) is 0. The molecule has 1 heteroatoms. The maximum atomic E-state index is 5.80. The Hall–Kier alpha value is 0.160. The highest BCUT2D eigenvalue weighted by atomic mass is 35.5. The molecule has 0 amide bonds. The number of hydrogen-bond acceptors (Lipinski definition) is 0. The molecular formula is C6H10Cl+. The molecule has 0 atom stereocenters. The lowest BCUT2D eigenvalue weighted by molar-refractivity contribution is 0.601. The van der Waals surface area contributed by atoms with Gasteiger partial charge in [-0.3, -0.25) is 0 Å². The molecule has 0 aromatic rings. The SMILES string of the molecule is ClC1CC[CH+]CC1. The molecule has 0 aliphatic heterocycles. The van der Waals surface area contributed by atoms with Crippen molar-refractivity contribution in [1.29, 1.82) is 0 Å². The van der Waals surface area contributed by atoms with E-state index in [-0.39, 0.29) is 0 Å². The van der Waals surface area contributed by atoms with Crippen LogP contribution in [0.1, 0.15) is 25.7 Å². The molecular weight excluding hydrogens is 108 g/mol. The summed E-state index contributed by atoms with van der Waals surface area (Å²) in [6.45, 7) is 0. The van der Waals surface area contributed by atoms with Crippen molar-refractivity contribution >= 4 is 11.6 Å². The molecule has 0 unspecified atom stereocenters. The zero-order valence-corrected chi connectivity index (χ0v) is 5.12. The van der Waals surface area contributed by atoms with E-state index in [1.165, 1.54) is 25.7 Å². The molecule has 1 aliphatic carbocycles. The van der Waals surface area contributed by atoms with Crippen molar-refractivity contribution in [3.05, 3.63) is 6.42 Å². The Morgan fingerprint density at radius 1 is 1.29 bits per heavy atom. The van der Waals surface area contributed by atoms with Gasteiger partial charge >= 0.3 is 0 Å². The Morgan fingerprint density at radius 2 is 1.86 bits per heavy atom. The first-order valence-corrected chi connectivity index (χ1v) is 3.29. The fraction of sp³-hybridized carbons (Fsp3) is 0.833. The molecule has 0 spiro atoms. The normalized spacial score (nSPS) is 24.1. The molecule has 0 heterocycles. The van der Waals surface area contributed by atoms with Gasteiger partial charge in [0, 0.05) is 18.2 Å². The summed E-state index contributed by atoms with van der Waals surface area (Å²) in [5.41, 5.74) is 0. The third kappa shape index (κ3) is 1.60. The summed E-state index contributed by atoms with van der Waals surface area (Å²) < 4.78 is 0. The molecule has 1 fully saturated rings. The molecule has 40 valence electrons. The third-order valence-corrected chi connectivity index (χ3v) is 1.80. The summed E-state index contributed by atoms with van der Waals surface area (Å²) in [7, 11) is 0. The fourth-order valence-corrected chi connectivity index (χ4v) is 1.14. The van der Waals surface area contributed by atoms with E-state index in [0.717, 1.165) is 0 Å². The first-order chi connectivity index (χ1) is 3.39. The zero-order chi connectivity index (χ0) is 5.11. The lowest BCUT2D eigenvalue weighted by Crippen LogP contribution is -2.03. The zero-order valence-electron chi connectivity index (χ0n) is 4.36. The predicted octanol–water partition coefficient (Wildman–Crippen LogP) is 2.37. The summed E-state index contributed by atoms with van der Waals surface area (Å²) in [5, 5.41) is 0.477. The van der Waals surface area contributed by atoms with Crippen molar-refractivity contribution in [2.75, 3.05) is 0 Å². The Kier molecular flexibility index (Phi) is 1.86. The van der Waals surface area contributed by atoms with E-state index in [1.54, 1.807) is 0 Å². The van der Waals surface area contributed by atoms with Crippen molar-refractivity contribution in [3.63, 3.8) is 0 Å². The molecule has 0 radical (unpaired) electrons. The number of rotatable bonds is 0. The van der Waals surface area contributed by atoms with Crippen LogP contribution in [0.25, 0.3) is 0 Å². The molecule has 7 heavy (non-hydrogen) atoms. The van der Waals surface area contributed by atoms with Gasteiger partial charge in [-0.1, -0.05) is 0 Å². The molecule has 0 bridgehead atoms. The predicted molar refractivity (Wildman–Crippen MR) is 32.4 cm³/mol. The van der Waals surface area contributed by atoms with Crippen LogP contribution in [0, 0.1) is 6.42 Å². The van der Waals surface area contributed by atoms with Crippen molar-refractivity contribution in [3.8, 4) is 0 Å². The maximum absolute atomic E-state index is 5.80. The van der Waals surface area contributed by atoms with E-state index in [2.05, 4.69) is 6.42 Å². The van der Waals surface area contributed by atoms with Gasteiger partial charge in [-0.25, -0.2) is 0 Å². The number of alkyl halides is 1. The third-order valence-electron chi connectivity index (χ3n) is 1.37. The standard InChI is InChI=1S/C6H10Cl/c7-6-4-2-1-3-5-6/h1,6H,2-5H2/q+1. The quantitative estimate of drug-likeness (QED) is 0.338. The summed E-state index contributed by atoms with van der Waals surface area (Å²) in [6, 6.07) is 0. The smallest absolute Gasteiger partial charge is 0.0889 e. The molecule has 1 rings (SSSR count). The van der Waals surface area contributed by atoms with Crippen LogP contribution in [0.15, 0.2) is 0 Å².